The SMILES string of the molecule is CCCNc1ncc(F)c(Sc2ccc(C(C)C)cc2)n1. The molecule has 0 saturated heterocycles. The van der Waals surface area contributed by atoms with Gasteiger partial charge in [-0.05, 0) is 30.0 Å². The molecule has 0 bridgehead atoms. The van der Waals surface area contributed by atoms with Crippen molar-refractivity contribution in [3.05, 3.63) is 41.8 Å². The van der Waals surface area contributed by atoms with Gasteiger partial charge in [0.1, 0.15) is 5.03 Å². The molecule has 0 fully saturated rings. The Morgan fingerprint density at radius 2 is 1.95 bits per heavy atom. The minimum absolute atomic E-state index is 0.348. The van der Waals surface area contributed by atoms with Crippen molar-refractivity contribution < 1.29 is 4.39 Å². The molecule has 1 N–H and O–H groups in total. The van der Waals surface area contributed by atoms with Crippen LogP contribution < -0.4 is 5.32 Å². The van der Waals surface area contributed by atoms with Crippen LogP contribution in [-0.2, 0) is 0 Å². The number of aromatic nitrogens is 2. The van der Waals surface area contributed by atoms with E-state index in [1.807, 2.05) is 12.1 Å². The van der Waals surface area contributed by atoms with E-state index in [-0.39, 0.29) is 0 Å². The van der Waals surface area contributed by atoms with Gasteiger partial charge in [0, 0.05) is 11.4 Å². The highest BCUT2D eigenvalue weighted by molar-refractivity contribution is 7.99. The molecule has 2 rings (SSSR count). The number of benzene rings is 1. The summed E-state index contributed by atoms with van der Waals surface area (Å²) in [6, 6.07) is 8.14. The van der Waals surface area contributed by atoms with Gasteiger partial charge in [0.2, 0.25) is 5.95 Å². The van der Waals surface area contributed by atoms with Gasteiger partial charge in [-0.15, -0.1) is 0 Å². The smallest absolute Gasteiger partial charge is 0.223 e. The van der Waals surface area contributed by atoms with Gasteiger partial charge < -0.3 is 5.32 Å². The number of nitrogens with one attached hydrogen (secondary N) is 1. The molecular weight excluding hydrogens is 285 g/mol. The molecule has 0 aliphatic carbocycles. The van der Waals surface area contributed by atoms with Gasteiger partial charge in [0.15, 0.2) is 5.82 Å². The van der Waals surface area contributed by atoms with Crippen LogP contribution in [0.15, 0.2) is 40.4 Å². The molecular formula is C16H20FN3S. The molecule has 3 nitrogen and oxygen atoms in total. The topological polar surface area (TPSA) is 37.8 Å². The van der Waals surface area contributed by atoms with Crippen LogP contribution in [0.4, 0.5) is 10.3 Å². The molecule has 0 atom stereocenters. The third-order valence-corrected chi connectivity index (χ3v) is 3.99. The highest BCUT2D eigenvalue weighted by Crippen LogP contribution is 2.29. The fraction of sp³-hybridized carbons (Fsp3) is 0.375. The lowest BCUT2D eigenvalue weighted by Gasteiger charge is -2.08. The van der Waals surface area contributed by atoms with E-state index in [9.17, 15) is 4.39 Å². The predicted molar refractivity (Wildman–Crippen MR) is 85.4 cm³/mol. The van der Waals surface area contributed by atoms with Crippen LogP contribution in [0.2, 0.25) is 0 Å². The minimum atomic E-state index is -0.394. The Labute approximate surface area is 129 Å². The summed E-state index contributed by atoms with van der Waals surface area (Å²) in [7, 11) is 0. The van der Waals surface area contributed by atoms with E-state index in [1.165, 1.54) is 23.5 Å². The molecule has 2 aromatic rings. The van der Waals surface area contributed by atoms with Gasteiger partial charge in [0.25, 0.3) is 0 Å². The van der Waals surface area contributed by atoms with E-state index in [0.29, 0.717) is 16.9 Å². The Hall–Kier alpha value is -1.62. The average molecular weight is 305 g/mol. The molecule has 5 heteroatoms. The van der Waals surface area contributed by atoms with E-state index >= 15 is 0 Å². The van der Waals surface area contributed by atoms with Gasteiger partial charge in [-0.1, -0.05) is 44.7 Å². The molecule has 0 aliphatic rings. The molecule has 1 aromatic carbocycles. The summed E-state index contributed by atoms with van der Waals surface area (Å²) in [5.74, 6) is 0.569. The number of hydrogen-bond acceptors (Lipinski definition) is 4. The Bertz CT molecular complexity index is 585. The van der Waals surface area contributed by atoms with Crippen molar-refractivity contribution in [1.29, 1.82) is 0 Å². The van der Waals surface area contributed by atoms with Crippen molar-refractivity contribution in [3.8, 4) is 0 Å². The number of anilines is 1. The Morgan fingerprint density at radius 3 is 2.57 bits per heavy atom. The van der Waals surface area contributed by atoms with Crippen molar-refractivity contribution in [2.75, 3.05) is 11.9 Å². The maximum absolute atomic E-state index is 13.8. The van der Waals surface area contributed by atoms with Gasteiger partial charge in [-0.25, -0.2) is 14.4 Å². The first-order valence-electron chi connectivity index (χ1n) is 7.14. The van der Waals surface area contributed by atoms with E-state index < -0.39 is 5.82 Å². The van der Waals surface area contributed by atoms with Crippen molar-refractivity contribution in [2.45, 2.75) is 43.0 Å². The van der Waals surface area contributed by atoms with Crippen molar-refractivity contribution in [1.82, 2.24) is 9.97 Å². The lowest BCUT2D eigenvalue weighted by molar-refractivity contribution is 0.580. The summed E-state index contributed by atoms with van der Waals surface area (Å²) in [6.45, 7) is 7.14. The molecule has 0 spiro atoms. The van der Waals surface area contributed by atoms with Crippen LogP contribution in [-0.4, -0.2) is 16.5 Å². The van der Waals surface area contributed by atoms with Crippen LogP contribution in [0.3, 0.4) is 0 Å². The number of nitrogens with zero attached hydrogens (tertiary/aromatic N) is 2. The maximum Gasteiger partial charge on any atom is 0.223 e. The Balaban J connectivity index is 2.14. The van der Waals surface area contributed by atoms with E-state index in [2.05, 4.69) is 48.2 Å². The lowest BCUT2D eigenvalue weighted by atomic mass is 10.0. The maximum atomic E-state index is 13.8. The number of hydrogen-bond donors (Lipinski definition) is 1. The molecule has 0 amide bonds. The summed E-state index contributed by atoms with van der Waals surface area (Å²) in [4.78, 5) is 9.14. The molecule has 0 saturated carbocycles. The van der Waals surface area contributed by atoms with Crippen LogP contribution in [0.5, 0.6) is 0 Å². The van der Waals surface area contributed by atoms with E-state index in [1.54, 1.807) is 0 Å². The first-order chi connectivity index (χ1) is 10.1. The van der Waals surface area contributed by atoms with Gasteiger partial charge >= 0.3 is 0 Å². The van der Waals surface area contributed by atoms with Gasteiger partial charge in [0.05, 0.1) is 6.20 Å². The van der Waals surface area contributed by atoms with Crippen molar-refractivity contribution in [2.24, 2.45) is 0 Å². The normalized spacial score (nSPS) is 10.9. The molecule has 1 aromatic heterocycles. The molecule has 21 heavy (non-hydrogen) atoms. The van der Waals surface area contributed by atoms with Crippen LogP contribution in [0.1, 0.15) is 38.7 Å². The fourth-order valence-corrected chi connectivity index (χ4v) is 2.56. The highest BCUT2D eigenvalue weighted by Gasteiger charge is 2.09. The van der Waals surface area contributed by atoms with Crippen LogP contribution >= 0.6 is 11.8 Å². The van der Waals surface area contributed by atoms with Crippen molar-refractivity contribution >= 4 is 17.7 Å². The minimum Gasteiger partial charge on any atom is -0.354 e. The predicted octanol–water partition coefficient (Wildman–Crippen LogP) is 4.71. The highest BCUT2D eigenvalue weighted by atomic mass is 32.2. The Morgan fingerprint density at radius 1 is 1.24 bits per heavy atom. The second-order valence-corrected chi connectivity index (χ2v) is 6.16. The summed E-state index contributed by atoms with van der Waals surface area (Å²) in [5, 5.41) is 3.42. The summed E-state index contributed by atoms with van der Waals surface area (Å²) >= 11 is 1.32. The molecule has 0 aliphatic heterocycles. The summed E-state index contributed by atoms with van der Waals surface area (Å²) in [6.07, 6.45) is 2.19. The largest absolute Gasteiger partial charge is 0.354 e. The first-order valence-corrected chi connectivity index (χ1v) is 7.96. The second kappa shape index (κ2) is 7.41. The van der Waals surface area contributed by atoms with Crippen LogP contribution in [0.25, 0.3) is 0 Å². The third-order valence-electron chi connectivity index (χ3n) is 3.01. The Kier molecular flexibility index (Phi) is 5.56. The monoisotopic (exact) mass is 305 g/mol. The average Bonchev–Trinajstić information content (AvgIpc) is 2.48. The van der Waals surface area contributed by atoms with Gasteiger partial charge in [-0.3, -0.25) is 0 Å². The zero-order chi connectivity index (χ0) is 15.2. The molecule has 1 heterocycles. The summed E-state index contributed by atoms with van der Waals surface area (Å²) < 4.78 is 13.8. The second-order valence-electron chi connectivity index (χ2n) is 5.10. The number of halogens is 1. The number of rotatable bonds is 6. The zero-order valence-electron chi connectivity index (χ0n) is 12.6. The lowest BCUT2D eigenvalue weighted by Crippen LogP contribution is -2.05. The molecule has 112 valence electrons. The zero-order valence-corrected chi connectivity index (χ0v) is 13.4. The quantitative estimate of drug-likeness (QED) is 0.784. The van der Waals surface area contributed by atoms with Crippen LogP contribution in [0, 0.1) is 5.82 Å². The summed E-state index contributed by atoms with van der Waals surface area (Å²) in [5.41, 5.74) is 1.27. The van der Waals surface area contributed by atoms with E-state index in [0.717, 1.165) is 17.9 Å². The fourth-order valence-electron chi connectivity index (χ4n) is 1.78. The molecule has 0 radical (unpaired) electrons. The van der Waals surface area contributed by atoms with E-state index in [4.69, 9.17) is 0 Å². The standard InChI is InChI=1S/C16H20FN3S/c1-4-9-18-16-19-10-14(17)15(20-16)21-13-7-5-12(6-8-13)11(2)3/h5-8,10-11H,4,9H2,1-3H3,(H,18,19,20). The van der Waals surface area contributed by atoms with Crippen molar-refractivity contribution in [3.63, 3.8) is 0 Å². The third kappa shape index (κ3) is 4.43. The van der Waals surface area contributed by atoms with Gasteiger partial charge in [-0.2, -0.15) is 0 Å². The molecule has 0 unspecified atom stereocenters. The first kappa shape index (κ1) is 15.8.